The molecule has 0 radical (unpaired) electrons. The van der Waals surface area contributed by atoms with Gasteiger partial charge in [-0.2, -0.15) is 0 Å². The molecule has 0 aliphatic rings. The molecule has 11 heteroatoms. The topological polar surface area (TPSA) is 164 Å². The summed E-state index contributed by atoms with van der Waals surface area (Å²) in [5, 5.41) is 47.8. The Hall–Kier alpha value is -2.70. The zero-order chi connectivity index (χ0) is 18.8. The Balaban J connectivity index is 2.38. The van der Waals surface area contributed by atoms with Gasteiger partial charge >= 0.3 is 0 Å². The highest BCUT2D eigenvalue weighted by molar-refractivity contribution is 7.90. The number of hydrogen-bond acceptors (Lipinski definition) is 10. The van der Waals surface area contributed by atoms with Crippen molar-refractivity contribution in [3.8, 4) is 0 Å². The zero-order valence-corrected chi connectivity index (χ0v) is 13.3. The third kappa shape index (κ3) is 4.23. The summed E-state index contributed by atoms with van der Waals surface area (Å²) in [6.07, 6.45) is 0. The van der Waals surface area contributed by atoms with E-state index in [1.54, 1.807) is 0 Å². The van der Waals surface area contributed by atoms with Gasteiger partial charge in [-0.15, -0.1) is 5.23 Å². The summed E-state index contributed by atoms with van der Waals surface area (Å²) in [7, 11) is -3.96. The minimum Gasteiger partial charge on any atom is -0.733 e. The summed E-state index contributed by atoms with van der Waals surface area (Å²) in [6.45, 7) is 0. The fourth-order valence-electron chi connectivity index (χ4n) is 2.07. The molecule has 3 N–H and O–H groups in total. The molecular weight excluding hydrogens is 356 g/mol. The molecule has 0 spiro atoms. The van der Waals surface area contributed by atoms with Crippen molar-refractivity contribution < 1.29 is 33.9 Å². The van der Waals surface area contributed by atoms with Crippen molar-refractivity contribution in [3.05, 3.63) is 58.8 Å². The van der Waals surface area contributed by atoms with Gasteiger partial charge in [0.2, 0.25) is 0 Å². The lowest BCUT2D eigenvalue weighted by molar-refractivity contribution is -0.255. The summed E-state index contributed by atoms with van der Waals surface area (Å²) in [6, 6.07) is 7.39. The van der Waals surface area contributed by atoms with E-state index in [0.29, 0.717) is 0 Å². The lowest BCUT2D eigenvalue weighted by Gasteiger charge is -2.21. The summed E-state index contributed by atoms with van der Waals surface area (Å²) >= 11 is 0. The van der Waals surface area contributed by atoms with E-state index in [1.165, 1.54) is 0 Å². The van der Waals surface area contributed by atoms with Gasteiger partial charge in [-0.05, 0) is 41.5 Å². The standard InChI is InChI=1S/C14H13N2O8S/c17-14(18)9-1-2-10(13(7-9)16(21)22)8-25(23,24)12-5-3-11(4-6-12)15(19)20/h1-7,19,21-22H,8H2,(H,17,18)/q-1/p-1. The van der Waals surface area contributed by atoms with Gasteiger partial charge in [0.25, 0.3) is 0 Å². The van der Waals surface area contributed by atoms with Crippen molar-refractivity contribution >= 4 is 27.2 Å². The minimum absolute atomic E-state index is 0.0771. The number of carboxylic acids is 1. The molecule has 2 rings (SSSR count). The average molecular weight is 368 g/mol. The highest BCUT2D eigenvalue weighted by atomic mass is 32.2. The first-order valence-corrected chi connectivity index (χ1v) is 8.28. The molecule has 0 saturated heterocycles. The van der Waals surface area contributed by atoms with E-state index in [2.05, 4.69) is 0 Å². The molecule has 0 unspecified atom stereocenters. The zero-order valence-electron chi connectivity index (χ0n) is 12.4. The molecule has 0 saturated carbocycles. The van der Waals surface area contributed by atoms with Crippen molar-refractivity contribution in [3.63, 3.8) is 0 Å². The fourth-order valence-corrected chi connectivity index (χ4v) is 3.44. The first kappa shape index (κ1) is 18.6. The summed E-state index contributed by atoms with van der Waals surface area (Å²) < 4.78 is 24.8. The highest BCUT2D eigenvalue weighted by Crippen LogP contribution is 2.26. The molecule has 2 aromatic rings. The van der Waals surface area contributed by atoms with Crippen LogP contribution in [0.25, 0.3) is 0 Å². The maximum atomic E-state index is 12.4. The molecule has 25 heavy (non-hydrogen) atoms. The number of carbonyl (C=O) groups excluding carboxylic acids is 1. The molecule has 0 bridgehead atoms. The quantitative estimate of drug-likeness (QED) is 0.604. The van der Waals surface area contributed by atoms with E-state index in [4.69, 9.17) is 5.21 Å². The van der Waals surface area contributed by atoms with Gasteiger partial charge in [0.05, 0.1) is 28.0 Å². The van der Waals surface area contributed by atoms with Crippen LogP contribution in [0.1, 0.15) is 15.9 Å². The number of nitrogens with zero attached hydrogens (tertiary/aromatic N) is 2. The van der Waals surface area contributed by atoms with Crippen LogP contribution in [-0.4, -0.2) is 30.0 Å². The van der Waals surface area contributed by atoms with Crippen LogP contribution in [0.3, 0.4) is 0 Å². The molecule has 0 heterocycles. The Morgan fingerprint density at radius 3 is 2.12 bits per heavy atom. The van der Waals surface area contributed by atoms with Crippen molar-refractivity contribution in [2.45, 2.75) is 10.6 Å². The van der Waals surface area contributed by atoms with Gasteiger partial charge < -0.3 is 20.3 Å². The summed E-state index contributed by atoms with van der Waals surface area (Å²) in [5.74, 6) is -2.24. The van der Waals surface area contributed by atoms with E-state index in [9.17, 15) is 33.9 Å². The number of carbonyl (C=O) groups is 1. The smallest absolute Gasteiger partial charge is 0.182 e. The van der Waals surface area contributed by atoms with Crippen molar-refractivity contribution in [1.29, 1.82) is 0 Å². The van der Waals surface area contributed by atoms with E-state index in [-0.39, 0.29) is 26.9 Å². The average Bonchev–Trinajstić information content (AvgIpc) is 2.54. The van der Waals surface area contributed by atoms with Gasteiger partial charge in [-0.25, -0.2) is 8.42 Å². The summed E-state index contributed by atoms with van der Waals surface area (Å²) in [5.41, 5.74) is -1.06. The van der Waals surface area contributed by atoms with Gasteiger partial charge in [-0.1, -0.05) is 12.1 Å². The number of hydrogen-bond donors (Lipinski definition) is 3. The van der Waals surface area contributed by atoms with Crippen LogP contribution in [0.4, 0.5) is 11.4 Å². The number of anilines is 2. The van der Waals surface area contributed by atoms with Crippen LogP contribution in [0.15, 0.2) is 47.4 Å². The number of rotatable bonds is 6. The molecule has 0 fully saturated rings. The number of sulfone groups is 1. The van der Waals surface area contributed by atoms with Crippen LogP contribution >= 0.6 is 0 Å². The first-order valence-electron chi connectivity index (χ1n) is 6.63. The molecule has 2 aromatic carbocycles. The first-order chi connectivity index (χ1) is 11.6. The van der Waals surface area contributed by atoms with Gasteiger partial charge in [0.1, 0.15) is 0 Å². The molecule has 0 amide bonds. The van der Waals surface area contributed by atoms with E-state index < -0.39 is 32.5 Å². The van der Waals surface area contributed by atoms with Crippen LogP contribution in [-0.2, 0) is 15.6 Å². The van der Waals surface area contributed by atoms with Crippen LogP contribution in [0.2, 0.25) is 0 Å². The van der Waals surface area contributed by atoms with Crippen molar-refractivity contribution in [2.24, 2.45) is 0 Å². The second-order valence-electron chi connectivity index (χ2n) is 4.95. The van der Waals surface area contributed by atoms with Gasteiger partial charge in [0, 0.05) is 0 Å². The Bertz CT molecular complexity index is 878. The molecule has 0 aliphatic carbocycles. The Kier molecular flexibility index (Phi) is 5.25. The SMILES string of the molecule is O=C([O-])c1ccc(CS(=O)(=O)c2ccc(N([O-])O)cc2)c(N(O)O)c1. The maximum absolute atomic E-state index is 12.4. The van der Waals surface area contributed by atoms with Crippen molar-refractivity contribution in [2.75, 3.05) is 10.5 Å². The Labute approximate surface area is 141 Å². The lowest BCUT2D eigenvalue weighted by Crippen LogP contribution is -2.23. The second-order valence-corrected chi connectivity index (χ2v) is 6.94. The minimum atomic E-state index is -3.96. The lowest BCUT2D eigenvalue weighted by atomic mass is 10.1. The fraction of sp³-hybridized carbons (Fsp3) is 0.0714. The summed E-state index contributed by atoms with van der Waals surface area (Å²) in [4.78, 5) is 10.6. The Morgan fingerprint density at radius 2 is 1.64 bits per heavy atom. The number of aromatic carboxylic acids is 1. The van der Waals surface area contributed by atoms with E-state index in [0.717, 1.165) is 42.5 Å². The second kappa shape index (κ2) is 7.04. The third-order valence-corrected chi connectivity index (χ3v) is 4.98. The predicted molar refractivity (Wildman–Crippen MR) is 81.8 cm³/mol. The molecule has 134 valence electrons. The van der Waals surface area contributed by atoms with Crippen LogP contribution in [0, 0.1) is 5.21 Å². The third-order valence-electron chi connectivity index (χ3n) is 3.30. The van der Waals surface area contributed by atoms with Crippen molar-refractivity contribution in [1.82, 2.24) is 0 Å². The van der Waals surface area contributed by atoms with Gasteiger partial charge in [0.15, 0.2) is 9.84 Å². The van der Waals surface area contributed by atoms with Gasteiger partial charge in [-0.3, -0.25) is 15.6 Å². The van der Waals surface area contributed by atoms with Crippen LogP contribution in [0.5, 0.6) is 0 Å². The number of carboxylic acid groups (broad SMARTS) is 1. The molecule has 0 aliphatic heterocycles. The van der Waals surface area contributed by atoms with E-state index in [1.807, 2.05) is 0 Å². The number of benzene rings is 2. The molecular formula is C14H12N2O8S-2. The highest BCUT2D eigenvalue weighted by Gasteiger charge is 2.20. The largest absolute Gasteiger partial charge is 0.733 e. The molecule has 0 atom stereocenters. The van der Waals surface area contributed by atoms with E-state index >= 15 is 0 Å². The predicted octanol–water partition coefficient (Wildman–Crippen LogP) is 0.302. The van der Waals surface area contributed by atoms with Crippen LogP contribution < -0.4 is 15.6 Å². The molecule has 0 aromatic heterocycles. The maximum Gasteiger partial charge on any atom is 0.182 e. The molecule has 10 nitrogen and oxygen atoms in total. The normalized spacial score (nSPS) is 11.2. The Morgan fingerprint density at radius 1 is 1.04 bits per heavy atom. The monoisotopic (exact) mass is 368 g/mol.